The van der Waals surface area contributed by atoms with E-state index in [1.54, 1.807) is 97.1 Å². The van der Waals surface area contributed by atoms with Crippen molar-refractivity contribution in [1.29, 1.82) is 0 Å². The quantitative estimate of drug-likeness (QED) is 0.0931. The van der Waals surface area contributed by atoms with Crippen molar-refractivity contribution in [3.8, 4) is 0 Å². The molecule has 0 aliphatic carbocycles. The van der Waals surface area contributed by atoms with E-state index in [2.05, 4.69) is 24.3 Å². The standard InChI is InChI=1S/4C6H6BO2.Y/c4*8-7(9)6-4-2-1-3-5-6;/h4*2-5,8-9H;/q4*-1;. The van der Waals surface area contributed by atoms with Gasteiger partial charge < -0.3 is 40.2 Å². The van der Waals surface area contributed by atoms with Crippen LogP contribution < -0.4 is 21.9 Å². The predicted octanol–water partition coefficient (Wildman–Crippen LogP) is -3.34. The van der Waals surface area contributed by atoms with Gasteiger partial charge in [-0.15, -0.1) is 21.9 Å². The van der Waals surface area contributed by atoms with Crippen molar-refractivity contribution < 1.29 is 72.9 Å². The van der Waals surface area contributed by atoms with E-state index < -0.39 is 28.5 Å². The van der Waals surface area contributed by atoms with Gasteiger partial charge in [0.25, 0.3) is 0 Å². The fraction of sp³-hybridized carbons (Fsp3) is 0. The average Bonchev–Trinajstić information content (AvgIpc) is 2.92. The van der Waals surface area contributed by atoms with Gasteiger partial charge in [0.2, 0.25) is 0 Å². The van der Waals surface area contributed by atoms with Gasteiger partial charge in [0.15, 0.2) is 0 Å². The maximum atomic E-state index is 8.57. The van der Waals surface area contributed by atoms with Crippen LogP contribution in [0.2, 0.25) is 0 Å². The van der Waals surface area contributed by atoms with Crippen LogP contribution in [0, 0.1) is 24.3 Å². The van der Waals surface area contributed by atoms with Crippen LogP contribution >= 0.6 is 0 Å². The third kappa shape index (κ3) is 16.4. The largest absolute Gasteiger partial charge is 0.462 e. The van der Waals surface area contributed by atoms with Crippen molar-refractivity contribution in [3.05, 3.63) is 121 Å². The molecule has 0 fully saturated rings. The monoisotopic (exact) mass is 573 g/mol. The molecule has 0 saturated carbocycles. The number of hydrogen-bond donors (Lipinski definition) is 8. The topological polar surface area (TPSA) is 162 Å². The minimum absolute atomic E-state index is 0. The first-order valence-electron chi connectivity index (χ1n) is 10.5. The van der Waals surface area contributed by atoms with Gasteiger partial charge >= 0.3 is 28.5 Å². The minimum Gasteiger partial charge on any atom is -0.425 e. The molecule has 0 aliphatic rings. The minimum atomic E-state index is -1.36. The predicted molar refractivity (Wildman–Crippen MR) is 140 cm³/mol. The third-order valence-electron chi connectivity index (χ3n) is 4.17. The molecule has 4 aromatic rings. The molecule has 0 saturated heterocycles. The molecule has 4 rings (SSSR count). The van der Waals surface area contributed by atoms with Crippen LogP contribution in [0.5, 0.6) is 0 Å². The number of benzene rings is 4. The molecule has 0 spiro atoms. The van der Waals surface area contributed by atoms with Gasteiger partial charge in [0, 0.05) is 32.7 Å². The van der Waals surface area contributed by atoms with Crippen LogP contribution in [-0.4, -0.2) is 68.7 Å². The Morgan fingerprint density at radius 2 is 0.459 bits per heavy atom. The Balaban J connectivity index is 0.000000463. The van der Waals surface area contributed by atoms with Gasteiger partial charge in [-0.1, -0.05) is 0 Å². The Morgan fingerprint density at radius 1 is 0.324 bits per heavy atom. The normalized spacial score (nSPS) is 8.86. The number of rotatable bonds is 4. The molecule has 0 amide bonds. The second-order valence-corrected chi connectivity index (χ2v) is 6.83. The first kappa shape index (κ1) is 34.9. The van der Waals surface area contributed by atoms with Gasteiger partial charge in [0.1, 0.15) is 0 Å². The second-order valence-electron chi connectivity index (χ2n) is 6.83. The van der Waals surface area contributed by atoms with Gasteiger partial charge in [-0.05, 0) is 0 Å². The summed E-state index contributed by atoms with van der Waals surface area (Å²) in [6.07, 6.45) is 0. The first-order chi connectivity index (χ1) is 17.2. The molecule has 13 heteroatoms. The van der Waals surface area contributed by atoms with E-state index in [1.807, 2.05) is 0 Å². The third-order valence-corrected chi connectivity index (χ3v) is 4.17. The van der Waals surface area contributed by atoms with Crippen LogP contribution in [0.15, 0.2) is 97.1 Å². The summed E-state index contributed by atoms with van der Waals surface area (Å²) >= 11 is 0. The fourth-order valence-electron chi connectivity index (χ4n) is 2.29. The van der Waals surface area contributed by atoms with Crippen LogP contribution in [0.25, 0.3) is 0 Å². The van der Waals surface area contributed by atoms with Crippen molar-refractivity contribution >= 4 is 50.3 Å². The van der Waals surface area contributed by atoms with Crippen LogP contribution in [0.1, 0.15) is 0 Å². The zero-order valence-corrected chi connectivity index (χ0v) is 22.5. The fourth-order valence-corrected chi connectivity index (χ4v) is 2.29. The maximum absolute atomic E-state index is 8.57. The Bertz CT molecular complexity index is 875. The Morgan fingerprint density at radius 3 is 0.541 bits per heavy atom. The zero-order chi connectivity index (χ0) is 26.8. The van der Waals surface area contributed by atoms with E-state index in [0.29, 0.717) is 21.9 Å². The van der Waals surface area contributed by atoms with Crippen LogP contribution in [-0.2, 0) is 32.7 Å². The Kier molecular flexibility index (Phi) is 19.7. The second kappa shape index (κ2) is 20.9. The van der Waals surface area contributed by atoms with Crippen molar-refractivity contribution in [2.75, 3.05) is 0 Å². The first-order valence-corrected chi connectivity index (χ1v) is 10.5. The molecule has 1 radical (unpaired) electrons. The van der Waals surface area contributed by atoms with Crippen LogP contribution in [0.3, 0.4) is 0 Å². The Hall–Kier alpha value is -2.08. The molecule has 0 aliphatic heterocycles. The SMILES string of the molecule is OB(O)c1cc[c-]cc1.OB(O)c1cc[c-]cc1.OB(O)c1cc[c-]cc1.OB(O)c1cc[c-]cc1.[Y]. The molecule has 187 valence electrons. The summed E-state index contributed by atoms with van der Waals surface area (Å²) in [7, 11) is -5.45. The molecular weight excluding hydrogens is 548 g/mol. The summed E-state index contributed by atoms with van der Waals surface area (Å²) in [4.78, 5) is 0. The van der Waals surface area contributed by atoms with E-state index in [9.17, 15) is 0 Å². The molecule has 4 aromatic carbocycles. The summed E-state index contributed by atoms with van der Waals surface area (Å²) in [5, 5.41) is 68.5. The molecular formula is C24H24B4O8Y-4. The van der Waals surface area contributed by atoms with Gasteiger partial charge in [-0.3, -0.25) is 0 Å². The summed E-state index contributed by atoms with van der Waals surface area (Å²) in [6.45, 7) is 0. The molecule has 0 bridgehead atoms. The molecule has 37 heavy (non-hydrogen) atoms. The van der Waals surface area contributed by atoms with Crippen LogP contribution in [0.4, 0.5) is 0 Å². The van der Waals surface area contributed by atoms with Crippen molar-refractivity contribution in [3.63, 3.8) is 0 Å². The average molecular weight is 573 g/mol. The molecule has 0 aromatic heterocycles. The van der Waals surface area contributed by atoms with Crippen molar-refractivity contribution in [2.45, 2.75) is 0 Å². The van der Waals surface area contributed by atoms with E-state index in [-0.39, 0.29) is 32.7 Å². The smallest absolute Gasteiger partial charge is 0.425 e. The van der Waals surface area contributed by atoms with Gasteiger partial charge in [-0.25, -0.2) is 0 Å². The van der Waals surface area contributed by atoms with E-state index in [4.69, 9.17) is 40.2 Å². The van der Waals surface area contributed by atoms with Crippen molar-refractivity contribution in [1.82, 2.24) is 0 Å². The van der Waals surface area contributed by atoms with E-state index in [0.717, 1.165) is 0 Å². The molecule has 0 unspecified atom stereocenters. The Labute approximate surface area is 243 Å². The summed E-state index contributed by atoms with van der Waals surface area (Å²) in [6, 6.07) is 36.9. The molecule has 0 heterocycles. The summed E-state index contributed by atoms with van der Waals surface area (Å²) < 4.78 is 0. The number of hydrogen-bond acceptors (Lipinski definition) is 8. The van der Waals surface area contributed by atoms with Gasteiger partial charge in [0.05, 0.1) is 0 Å². The zero-order valence-electron chi connectivity index (χ0n) is 19.7. The van der Waals surface area contributed by atoms with Gasteiger partial charge in [-0.2, -0.15) is 121 Å². The maximum Gasteiger partial charge on any atom is 0.462 e. The molecule has 0 atom stereocenters. The molecule has 8 nitrogen and oxygen atoms in total. The summed E-state index contributed by atoms with van der Waals surface area (Å²) in [5.41, 5.74) is 1.98. The van der Waals surface area contributed by atoms with Crippen molar-refractivity contribution in [2.24, 2.45) is 0 Å². The molecule has 8 N–H and O–H groups in total. The summed E-state index contributed by atoms with van der Waals surface area (Å²) in [5.74, 6) is 0. The van der Waals surface area contributed by atoms with E-state index in [1.165, 1.54) is 0 Å². The van der Waals surface area contributed by atoms with E-state index >= 15 is 0 Å².